The van der Waals surface area contributed by atoms with E-state index in [1.165, 1.54) is 32.7 Å². The normalized spacial score (nSPS) is 11.8. The quantitative estimate of drug-likeness (QED) is 0.168. The van der Waals surface area contributed by atoms with Crippen molar-refractivity contribution in [2.75, 3.05) is 0 Å². The molecule has 10 aromatic carbocycles. The molecule has 13 aromatic rings. The van der Waals surface area contributed by atoms with Crippen molar-refractivity contribution in [3.05, 3.63) is 224 Å². The van der Waals surface area contributed by atoms with Crippen LogP contribution in [0.15, 0.2) is 224 Å². The second-order valence-electron chi connectivity index (χ2n) is 16.4. The zero-order valence-corrected chi connectivity index (χ0v) is 34.6. The van der Waals surface area contributed by atoms with Crippen LogP contribution in [-0.2, 0) is 0 Å². The zero-order valence-electron chi connectivity index (χ0n) is 34.6. The van der Waals surface area contributed by atoms with E-state index in [1.54, 1.807) is 0 Å². The van der Waals surface area contributed by atoms with E-state index >= 15 is 0 Å². The van der Waals surface area contributed by atoms with Crippen LogP contribution >= 0.6 is 0 Å². The summed E-state index contributed by atoms with van der Waals surface area (Å²) in [5.41, 5.74) is 11.9. The van der Waals surface area contributed by atoms with Gasteiger partial charge in [0.05, 0.1) is 22.1 Å². The van der Waals surface area contributed by atoms with Gasteiger partial charge in [0.1, 0.15) is 0 Å². The standard InChI is InChI=1S/C59H37N5/c1-2-16-38(17-3-1)41-22-12-24-43(36-41)63-53-32-10-8-28-47(53)49-34-35-50-48-29-9-11-33-54(48)64(56(50)55(49)63)44-25-13-23-42(37-44)57-60-58(51-30-14-20-39-18-4-6-26-45(39)51)62-59(61-57)52-31-15-21-40-19-5-7-27-46(40)52/h1-37H. The fourth-order valence-corrected chi connectivity index (χ4v) is 9.86. The molecule has 0 bridgehead atoms. The van der Waals surface area contributed by atoms with Crippen LogP contribution in [0, 0.1) is 0 Å². The molecule has 0 N–H and O–H groups in total. The first kappa shape index (κ1) is 36.0. The third-order valence-electron chi connectivity index (χ3n) is 12.7. The fourth-order valence-electron chi connectivity index (χ4n) is 9.86. The van der Waals surface area contributed by atoms with Gasteiger partial charge in [-0.2, -0.15) is 0 Å². The summed E-state index contributed by atoms with van der Waals surface area (Å²) in [6.45, 7) is 0. The fraction of sp³-hybridized carbons (Fsp3) is 0. The van der Waals surface area contributed by atoms with Crippen LogP contribution < -0.4 is 0 Å². The molecule has 13 rings (SSSR count). The lowest BCUT2D eigenvalue weighted by atomic mass is 10.0. The first-order valence-corrected chi connectivity index (χ1v) is 21.7. The van der Waals surface area contributed by atoms with Crippen molar-refractivity contribution in [1.29, 1.82) is 0 Å². The monoisotopic (exact) mass is 815 g/mol. The van der Waals surface area contributed by atoms with E-state index in [2.05, 4.69) is 234 Å². The van der Waals surface area contributed by atoms with Crippen molar-refractivity contribution in [1.82, 2.24) is 24.1 Å². The Hall–Kier alpha value is -8.67. The molecule has 0 unspecified atom stereocenters. The topological polar surface area (TPSA) is 48.5 Å². The van der Waals surface area contributed by atoms with E-state index in [0.29, 0.717) is 17.5 Å². The Bertz CT molecular complexity index is 3860. The zero-order chi connectivity index (χ0) is 42.1. The first-order chi connectivity index (χ1) is 31.7. The van der Waals surface area contributed by atoms with Crippen LogP contribution in [0.4, 0.5) is 0 Å². The lowest BCUT2D eigenvalue weighted by Crippen LogP contribution is -2.02. The van der Waals surface area contributed by atoms with Crippen molar-refractivity contribution in [2.24, 2.45) is 0 Å². The molecule has 0 aliphatic carbocycles. The molecule has 5 nitrogen and oxygen atoms in total. The number of hydrogen-bond acceptors (Lipinski definition) is 3. The first-order valence-electron chi connectivity index (χ1n) is 21.7. The maximum atomic E-state index is 5.31. The largest absolute Gasteiger partial charge is 0.307 e. The molecule has 3 aromatic heterocycles. The summed E-state index contributed by atoms with van der Waals surface area (Å²) in [5, 5.41) is 9.25. The summed E-state index contributed by atoms with van der Waals surface area (Å²) in [7, 11) is 0. The summed E-state index contributed by atoms with van der Waals surface area (Å²) in [5.74, 6) is 1.88. The molecule has 0 radical (unpaired) electrons. The number of benzene rings is 10. The van der Waals surface area contributed by atoms with Gasteiger partial charge in [-0.1, -0.05) is 188 Å². The molecule has 0 saturated carbocycles. The maximum absolute atomic E-state index is 5.31. The highest BCUT2D eigenvalue weighted by Crippen LogP contribution is 2.43. The van der Waals surface area contributed by atoms with E-state index in [1.807, 2.05) is 0 Å². The molecule has 64 heavy (non-hydrogen) atoms. The summed E-state index contributed by atoms with van der Waals surface area (Å²) >= 11 is 0. The number of aromatic nitrogens is 5. The Labute approximate surface area is 368 Å². The summed E-state index contributed by atoms with van der Waals surface area (Å²) in [6.07, 6.45) is 0. The van der Waals surface area contributed by atoms with Crippen LogP contribution in [0.3, 0.4) is 0 Å². The van der Waals surface area contributed by atoms with Gasteiger partial charge in [0.25, 0.3) is 0 Å². The van der Waals surface area contributed by atoms with Gasteiger partial charge >= 0.3 is 0 Å². The van der Waals surface area contributed by atoms with Crippen LogP contribution in [0.5, 0.6) is 0 Å². The number of hydrogen-bond donors (Lipinski definition) is 0. The summed E-state index contributed by atoms with van der Waals surface area (Å²) in [6, 6.07) is 79.9. The van der Waals surface area contributed by atoms with Gasteiger partial charge in [-0.05, 0) is 69.1 Å². The predicted molar refractivity (Wildman–Crippen MR) is 265 cm³/mol. The number of rotatable bonds is 6. The Balaban J connectivity index is 1.08. The number of para-hydroxylation sites is 2. The van der Waals surface area contributed by atoms with Gasteiger partial charge in [0.15, 0.2) is 17.5 Å². The molecule has 0 spiro atoms. The molecule has 0 amide bonds. The highest BCUT2D eigenvalue weighted by molar-refractivity contribution is 6.24. The van der Waals surface area contributed by atoms with E-state index in [9.17, 15) is 0 Å². The molecule has 298 valence electrons. The average molecular weight is 816 g/mol. The lowest BCUT2D eigenvalue weighted by Gasteiger charge is -2.15. The molecule has 0 saturated heterocycles. The smallest absolute Gasteiger partial charge is 0.164 e. The molecule has 0 aliphatic heterocycles. The Morgan fingerprint density at radius 2 is 0.672 bits per heavy atom. The van der Waals surface area contributed by atoms with E-state index in [-0.39, 0.29) is 0 Å². The third kappa shape index (κ3) is 5.68. The molecular formula is C59H37N5. The molecule has 3 heterocycles. The maximum Gasteiger partial charge on any atom is 0.164 e. The van der Waals surface area contributed by atoms with Crippen LogP contribution in [0.1, 0.15) is 0 Å². The van der Waals surface area contributed by atoms with E-state index in [0.717, 1.165) is 71.7 Å². The minimum atomic E-state index is 0.612. The highest BCUT2D eigenvalue weighted by atomic mass is 15.1. The molecule has 5 heteroatoms. The van der Waals surface area contributed by atoms with Gasteiger partial charge in [-0.25, -0.2) is 15.0 Å². The summed E-state index contributed by atoms with van der Waals surface area (Å²) < 4.78 is 4.89. The molecular weight excluding hydrogens is 779 g/mol. The van der Waals surface area contributed by atoms with Crippen molar-refractivity contribution >= 4 is 65.2 Å². The van der Waals surface area contributed by atoms with E-state index in [4.69, 9.17) is 15.0 Å². The average Bonchev–Trinajstić information content (AvgIpc) is 3.89. The lowest BCUT2D eigenvalue weighted by molar-refractivity contribution is 1.08. The summed E-state index contributed by atoms with van der Waals surface area (Å²) in [4.78, 5) is 15.9. The van der Waals surface area contributed by atoms with Crippen molar-refractivity contribution in [3.63, 3.8) is 0 Å². The van der Waals surface area contributed by atoms with Gasteiger partial charge in [-0.15, -0.1) is 0 Å². The van der Waals surface area contributed by atoms with E-state index < -0.39 is 0 Å². The Kier molecular flexibility index (Phi) is 8.15. The minimum Gasteiger partial charge on any atom is -0.307 e. The molecule has 0 fully saturated rings. The Morgan fingerprint density at radius 1 is 0.266 bits per heavy atom. The van der Waals surface area contributed by atoms with Crippen molar-refractivity contribution < 1.29 is 0 Å². The third-order valence-corrected chi connectivity index (χ3v) is 12.7. The minimum absolute atomic E-state index is 0.612. The van der Waals surface area contributed by atoms with Crippen molar-refractivity contribution in [3.8, 4) is 56.7 Å². The number of nitrogens with zero attached hydrogens (tertiary/aromatic N) is 5. The second-order valence-corrected chi connectivity index (χ2v) is 16.4. The van der Waals surface area contributed by atoms with Crippen molar-refractivity contribution in [2.45, 2.75) is 0 Å². The van der Waals surface area contributed by atoms with Gasteiger partial charge in [0.2, 0.25) is 0 Å². The van der Waals surface area contributed by atoms with Crippen LogP contribution in [-0.4, -0.2) is 24.1 Å². The van der Waals surface area contributed by atoms with Crippen LogP contribution in [0.25, 0.3) is 122 Å². The predicted octanol–water partition coefficient (Wildman–Crippen LogP) is 15.0. The highest BCUT2D eigenvalue weighted by Gasteiger charge is 2.22. The van der Waals surface area contributed by atoms with Gasteiger partial charge in [0, 0.05) is 49.6 Å². The molecule has 0 aliphatic rings. The Morgan fingerprint density at radius 3 is 1.23 bits per heavy atom. The van der Waals surface area contributed by atoms with Gasteiger partial charge in [-0.3, -0.25) is 0 Å². The second kappa shape index (κ2) is 14.5. The van der Waals surface area contributed by atoms with Crippen LogP contribution in [0.2, 0.25) is 0 Å². The SMILES string of the molecule is c1ccc(-c2cccc(-n3c4ccccc4c4ccc5c6ccccc6n(-c6cccc(-c7nc(-c8cccc9ccccc89)nc(-c8cccc9ccccc89)n7)c6)c5c43)c2)cc1. The number of fused-ring (bicyclic) bond motifs is 9. The van der Waals surface area contributed by atoms with Gasteiger partial charge < -0.3 is 9.13 Å². The molecule has 0 atom stereocenters.